The van der Waals surface area contributed by atoms with E-state index in [0.717, 1.165) is 53.6 Å². The number of nitrogens with zero attached hydrogens (tertiary/aromatic N) is 1. The smallest absolute Gasteiger partial charge is 0.127 e. The van der Waals surface area contributed by atoms with Crippen LogP contribution in [0.25, 0.3) is 17.0 Å². The van der Waals surface area contributed by atoms with Gasteiger partial charge in [-0.1, -0.05) is 50.8 Å². The van der Waals surface area contributed by atoms with Gasteiger partial charge in [-0.2, -0.15) is 0 Å². The highest BCUT2D eigenvalue weighted by atomic mass is 16.5. The predicted octanol–water partition coefficient (Wildman–Crippen LogP) is 7.37. The molecule has 2 N–H and O–H groups in total. The minimum absolute atomic E-state index is 0.585. The second kappa shape index (κ2) is 10.5. The molecule has 168 valence electrons. The number of allylic oxidation sites excluding steroid dienone is 2. The van der Waals surface area contributed by atoms with Crippen LogP contribution in [0.1, 0.15) is 54.5 Å². The lowest BCUT2D eigenvalue weighted by molar-refractivity contribution is 0.289. The predicted molar refractivity (Wildman–Crippen MR) is 138 cm³/mol. The van der Waals surface area contributed by atoms with E-state index < -0.39 is 0 Å². The summed E-state index contributed by atoms with van der Waals surface area (Å²) in [5.74, 6) is 2.19. The SMILES string of the molecule is C=C/C(=C\c1c(C)c(N)nc2cc(C)ccc12)CCc1ccc(OCCC(C)C)cc1C. The van der Waals surface area contributed by atoms with Gasteiger partial charge in [0.25, 0.3) is 0 Å². The summed E-state index contributed by atoms with van der Waals surface area (Å²) in [6.07, 6.45) is 7.10. The van der Waals surface area contributed by atoms with E-state index in [9.17, 15) is 0 Å². The zero-order valence-electron chi connectivity index (χ0n) is 20.2. The monoisotopic (exact) mass is 428 g/mol. The van der Waals surface area contributed by atoms with Crippen LogP contribution in [0.3, 0.4) is 0 Å². The Labute approximate surface area is 193 Å². The van der Waals surface area contributed by atoms with Crippen molar-refractivity contribution in [2.75, 3.05) is 12.3 Å². The van der Waals surface area contributed by atoms with Crippen molar-refractivity contribution in [2.45, 2.75) is 53.9 Å². The quantitative estimate of drug-likeness (QED) is 0.362. The van der Waals surface area contributed by atoms with Gasteiger partial charge in [0.15, 0.2) is 0 Å². The Bertz CT molecular complexity index is 1140. The number of aromatic nitrogens is 1. The van der Waals surface area contributed by atoms with Crippen LogP contribution in [0.5, 0.6) is 5.75 Å². The van der Waals surface area contributed by atoms with Gasteiger partial charge in [0.1, 0.15) is 11.6 Å². The highest BCUT2D eigenvalue weighted by Crippen LogP contribution is 2.29. The third-order valence-electron chi connectivity index (χ3n) is 6.03. The van der Waals surface area contributed by atoms with Gasteiger partial charge >= 0.3 is 0 Å². The summed E-state index contributed by atoms with van der Waals surface area (Å²) in [7, 11) is 0. The molecule has 3 rings (SSSR count). The van der Waals surface area contributed by atoms with Gasteiger partial charge in [-0.25, -0.2) is 4.98 Å². The number of hydrogen-bond donors (Lipinski definition) is 1. The first-order valence-electron chi connectivity index (χ1n) is 11.5. The number of pyridine rings is 1. The molecule has 0 saturated carbocycles. The molecular weight excluding hydrogens is 392 g/mol. The van der Waals surface area contributed by atoms with E-state index >= 15 is 0 Å². The zero-order chi connectivity index (χ0) is 23.3. The number of nitrogens with two attached hydrogens (primary N) is 1. The van der Waals surface area contributed by atoms with E-state index in [-0.39, 0.29) is 0 Å². The molecule has 3 aromatic rings. The minimum atomic E-state index is 0.585. The van der Waals surface area contributed by atoms with Gasteiger partial charge in [-0.3, -0.25) is 0 Å². The molecule has 3 nitrogen and oxygen atoms in total. The number of nitrogen functional groups attached to an aromatic ring is 1. The third kappa shape index (κ3) is 5.79. The van der Waals surface area contributed by atoms with Gasteiger partial charge in [0.05, 0.1) is 12.1 Å². The van der Waals surface area contributed by atoms with E-state index in [4.69, 9.17) is 10.5 Å². The molecule has 0 fully saturated rings. The Morgan fingerprint density at radius 2 is 1.91 bits per heavy atom. The second-order valence-corrected chi connectivity index (χ2v) is 9.10. The van der Waals surface area contributed by atoms with Gasteiger partial charge in [0.2, 0.25) is 0 Å². The maximum Gasteiger partial charge on any atom is 0.127 e. The number of aryl methyl sites for hydroxylation is 3. The van der Waals surface area contributed by atoms with E-state index in [1.54, 1.807) is 0 Å². The van der Waals surface area contributed by atoms with Gasteiger partial charge in [0, 0.05) is 5.39 Å². The number of hydrogen-bond acceptors (Lipinski definition) is 3. The van der Waals surface area contributed by atoms with Crippen LogP contribution in [0.2, 0.25) is 0 Å². The minimum Gasteiger partial charge on any atom is -0.494 e. The molecule has 3 heteroatoms. The molecule has 0 aliphatic heterocycles. The standard InChI is InChI=1S/C29H36N2O/c1-7-23(9-10-24-11-12-25(17-21(24)5)32-15-14-19(2)3)18-27-22(6)29(30)31-28-16-20(4)8-13-26(27)28/h7-8,11-13,16-19H,1,9-10,14-15H2,2-6H3,(H2,30,31)/b23-18+. The molecule has 0 amide bonds. The van der Waals surface area contributed by atoms with Gasteiger partial charge in [-0.15, -0.1) is 0 Å². The van der Waals surface area contributed by atoms with E-state index in [1.807, 2.05) is 13.0 Å². The maximum absolute atomic E-state index is 6.23. The number of rotatable bonds is 9. The highest BCUT2D eigenvalue weighted by molar-refractivity contribution is 5.92. The fourth-order valence-corrected chi connectivity index (χ4v) is 3.85. The maximum atomic E-state index is 6.23. The van der Waals surface area contributed by atoms with Crippen molar-refractivity contribution in [1.29, 1.82) is 0 Å². The van der Waals surface area contributed by atoms with Crippen LogP contribution in [-0.2, 0) is 6.42 Å². The molecule has 1 heterocycles. The van der Waals surface area contributed by atoms with Crippen LogP contribution in [0, 0.1) is 26.7 Å². The fraction of sp³-hybridized carbons (Fsp3) is 0.345. The summed E-state index contributed by atoms with van der Waals surface area (Å²) >= 11 is 0. The van der Waals surface area contributed by atoms with Crippen molar-refractivity contribution < 1.29 is 4.74 Å². The molecule has 0 radical (unpaired) electrons. The van der Waals surface area contributed by atoms with Crippen LogP contribution in [-0.4, -0.2) is 11.6 Å². The number of ether oxygens (including phenoxy) is 1. The van der Waals surface area contributed by atoms with Crippen molar-refractivity contribution >= 4 is 22.8 Å². The molecule has 0 unspecified atom stereocenters. The Morgan fingerprint density at radius 3 is 2.59 bits per heavy atom. The van der Waals surface area contributed by atoms with Crippen molar-refractivity contribution in [2.24, 2.45) is 5.92 Å². The van der Waals surface area contributed by atoms with Crippen molar-refractivity contribution in [3.8, 4) is 5.75 Å². The summed E-state index contributed by atoms with van der Waals surface area (Å²) in [6.45, 7) is 15.5. The van der Waals surface area contributed by atoms with Crippen LogP contribution in [0.4, 0.5) is 5.82 Å². The molecule has 1 aromatic heterocycles. The lowest BCUT2D eigenvalue weighted by Crippen LogP contribution is -2.02. The number of fused-ring (bicyclic) bond motifs is 1. The van der Waals surface area contributed by atoms with Gasteiger partial charge in [-0.05, 0) is 97.5 Å². The summed E-state index contributed by atoms with van der Waals surface area (Å²) in [5.41, 5.74) is 14.3. The Hall–Kier alpha value is -3.07. The first-order chi connectivity index (χ1) is 15.3. The van der Waals surface area contributed by atoms with Crippen molar-refractivity contribution in [3.63, 3.8) is 0 Å². The van der Waals surface area contributed by atoms with Crippen molar-refractivity contribution in [1.82, 2.24) is 4.98 Å². The number of anilines is 1. The van der Waals surface area contributed by atoms with Crippen LogP contribution < -0.4 is 10.5 Å². The van der Waals surface area contributed by atoms with Gasteiger partial charge < -0.3 is 10.5 Å². The molecule has 0 aliphatic carbocycles. The summed E-state index contributed by atoms with van der Waals surface area (Å²) in [5, 5.41) is 1.13. The van der Waals surface area contributed by atoms with Crippen LogP contribution >= 0.6 is 0 Å². The number of benzene rings is 2. The average molecular weight is 429 g/mol. The molecule has 0 saturated heterocycles. The molecule has 0 bridgehead atoms. The Kier molecular flexibility index (Phi) is 7.74. The summed E-state index contributed by atoms with van der Waals surface area (Å²) in [6, 6.07) is 12.8. The van der Waals surface area contributed by atoms with Crippen molar-refractivity contribution in [3.05, 3.63) is 82.4 Å². The third-order valence-corrected chi connectivity index (χ3v) is 6.03. The lowest BCUT2D eigenvalue weighted by atomic mass is 9.96. The topological polar surface area (TPSA) is 48.1 Å². The lowest BCUT2D eigenvalue weighted by Gasteiger charge is -2.13. The van der Waals surface area contributed by atoms with E-state index in [0.29, 0.717) is 11.7 Å². The molecule has 0 spiro atoms. The molecule has 2 aromatic carbocycles. The molecule has 0 atom stereocenters. The molecule has 0 aliphatic rings. The van der Waals surface area contributed by atoms with E-state index in [1.165, 1.54) is 22.3 Å². The largest absolute Gasteiger partial charge is 0.494 e. The Morgan fingerprint density at radius 1 is 1.12 bits per heavy atom. The molecular formula is C29H36N2O. The van der Waals surface area contributed by atoms with Crippen LogP contribution in [0.15, 0.2) is 54.6 Å². The normalized spacial score (nSPS) is 11.9. The first kappa shape index (κ1) is 23.6. The fourth-order valence-electron chi connectivity index (χ4n) is 3.85. The highest BCUT2D eigenvalue weighted by Gasteiger charge is 2.10. The zero-order valence-corrected chi connectivity index (χ0v) is 20.2. The first-order valence-corrected chi connectivity index (χ1v) is 11.5. The van der Waals surface area contributed by atoms with E-state index in [2.05, 4.69) is 81.7 Å². The molecule has 32 heavy (non-hydrogen) atoms. The average Bonchev–Trinajstić information content (AvgIpc) is 2.74. The summed E-state index contributed by atoms with van der Waals surface area (Å²) in [4.78, 5) is 4.58. The second-order valence-electron chi connectivity index (χ2n) is 9.10. The Balaban J connectivity index is 1.79. The summed E-state index contributed by atoms with van der Waals surface area (Å²) < 4.78 is 5.91.